The zero-order valence-electron chi connectivity index (χ0n) is 12.5. The Hall–Kier alpha value is -1.76. The second-order valence-corrected chi connectivity index (χ2v) is 6.45. The van der Waals surface area contributed by atoms with E-state index in [1.165, 1.54) is 11.3 Å². The number of hydrogen-bond donors (Lipinski definition) is 1. The molecule has 0 aliphatic carbocycles. The highest BCUT2D eigenvalue weighted by molar-refractivity contribution is 7.09. The molecule has 3 rings (SSSR count). The van der Waals surface area contributed by atoms with E-state index in [-0.39, 0.29) is 5.91 Å². The molecule has 1 aliphatic heterocycles. The van der Waals surface area contributed by atoms with E-state index >= 15 is 0 Å². The van der Waals surface area contributed by atoms with Crippen molar-refractivity contribution in [1.29, 1.82) is 0 Å². The standard InChI is InChI=1S/C16H19N3O2S/c1-16(12-5-3-2-4-6-12)11-19(7-8-21-16)15(20)13-10-22-14(9-17)18-13/h2-6,10H,7-9,11,17H2,1H3/t16-/m0/s1. The highest BCUT2D eigenvalue weighted by Gasteiger charge is 2.36. The molecule has 1 fully saturated rings. The maximum absolute atomic E-state index is 12.6. The van der Waals surface area contributed by atoms with Crippen molar-refractivity contribution >= 4 is 17.2 Å². The van der Waals surface area contributed by atoms with Gasteiger partial charge in [0.05, 0.1) is 13.2 Å². The van der Waals surface area contributed by atoms with Gasteiger partial charge in [0.2, 0.25) is 0 Å². The van der Waals surface area contributed by atoms with E-state index in [0.29, 0.717) is 31.9 Å². The van der Waals surface area contributed by atoms with E-state index in [0.717, 1.165) is 10.6 Å². The number of nitrogens with two attached hydrogens (primary N) is 1. The van der Waals surface area contributed by atoms with Gasteiger partial charge in [0, 0.05) is 18.5 Å². The number of hydrogen-bond acceptors (Lipinski definition) is 5. The van der Waals surface area contributed by atoms with Crippen molar-refractivity contribution in [3.8, 4) is 0 Å². The average Bonchev–Trinajstić information content (AvgIpc) is 3.04. The normalized spacial score (nSPS) is 21.8. The molecule has 2 aromatic rings. The van der Waals surface area contributed by atoms with Crippen LogP contribution in [0.5, 0.6) is 0 Å². The number of carbonyl (C=O) groups is 1. The molecule has 0 radical (unpaired) electrons. The van der Waals surface area contributed by atoms with Crippen LogP contribution in [-0.4, -0.2) is 35.5 Å². The molecule has 1 aromatic heterocycles. The third kappa shape index (κ3) is 2.90. The van der Waals surface area contributed by atoms with Crippen molar-refractivity contribution < 1.29 is 9.53 Å². The fraction of sp³-hybridized carbons (Fsp3) is 0.375. The first-order valence-corrected chi connectivity index (χ1v) is 8.13. The number of carbonyl (C=O) groups excluding carboxylic acids is 1. The minimum absolute atomic E-state index is 0.0543. The van der Waals surface area contributed by atoms with Gasteiger partial charge in [-0.1, -0.05) is 30.3 Å². The molecule has 6 heteroatoms. The Balaban J connectivity index is 1.79. The van der Waals surface area contributed by atoms with E-state index in [1.807, 2.05) is 42.2 Å². The fourth-order valence-electron chi connectivity index (χ4n) is 2.67. The molecule has 1 amide bonds. The molecular weight excluding hydrogens is 298 g/mol. The molecule has 1 saturated heterocycles. The zero-order valence-corrected chi connectivity index (χ0v) is 13.3. The van der Waals surface area contributed by atoms with Gasteiger partial charge >= 0.3 is 0 Å². The van der Waals surface area contributed by atoms with E-state index in [9.17, 15) is 4.79 Å². The van der Waals surface area contributed by atoms with Gasteiger partial charge in [-0.3, -0.25) is 4.79 Å². The summed E-state index contributed by atoms with van der Waals surface area (Å²) in [7, 11) is 0. The second-order valence-electron chi connectivity index (χ2n) is 5.50. The lowest BCUT2D eigenvalue weighted by Crippen LogP contribution is -2.50. The van der Waals surface area contributed by atoms with Gasteiger partial charge in [-0.25, -0.2) is 4.98 Å². The number of benzene rings is 1. The Morgan fingerprint density at radius 1 is 1.45 bits per heavy atom. The first-order chi connectivity index (χ1) is 10.6. The summed E-state index contributed by atoms with van der Waals surface area (Å²) in [5, 5.41) is 2.56. The van der Waals surface area contributed by atoms with Crippen molar-refractivity contribution in [2.45, 2.75) is 19.1 Å². The number of rotatable bonds is 3. The van der Waals surface area contributed by atoms with Gasteiger partial charge in [0.1, 0.15) is 16.3 Å². The van der Waals surface area contributed by atoms with Crippen molar-refractivity contribution in [1.82, 2.24) is 9.88 Å². The average molecular weight is 317 g/mol. The molecule has 2 heterocycles. The predicted molar refractivity (Wildman–Crippen MR) is 85.7 cm³/mol. The first kappa shape index (κ1) is 15.1. The van der Waals surface area contributed by atoms with Gasteiger partial charge in [-0.15, -0.1) is 11.3 Å². The molecule has 116 valence electrons. The molecule has 1 aliphatic rings. The van der Waals surface area contributed by atoms with Crippen LogP contribution in [0.4, 0.5) is 0 Å². The SMILES string of the molecule is C[C@@]1(c2ccccc2)CN(C(=O)c2csc(CN)n2)CCO1. The Bertz CT molecular complexity index is 658. The van der Waals surface area contributed by atoms with Crippen LogP contribution in [0.2, 0.25) is 0 Å². The third-order valence-electron chi connectivity index (χ3n) is 3.89. The minimum atomic E-state index is -0.484. The van der Waals surface area contributed by atoms with Crippen molar-refractivity contribution in [2.24, 2.45) is 5.73 Å². The molecule has 5 nitrogen and oxygen atoms in total. The molecule has 2 N–H and O–H groups in total. The quantitative estimate of drug-likeness (QED) is 0.940. The van der Waals surface area contributed by atoms with Crippen LogP contribution in [-0.2, 0) is 16.9 Å². The van der Waals surface area contributed by atoms with Crippen molar-refractivity contribution in [3.63, 3.8) is 0 Å². The number of morpholine rings is 1. The highest BCUT2D eigenvalue weighted by Crippen LogP contribution is 2.30. The van der Waals surface area contributed by atoms with Crippen LogP contribution in [0.25, 0.3) is 0 Å². The molecular formula is C16H19N3O2S. The van der Waals surface area contributed by atoms with Crippen molar-refractivity contribution in [2.75, 3.05) is 19.7 Å². The summed E-state index contributed by atoms with van der Waals surface area (Å²) in [5.74, 6) is -0.0543. The second kappa shape index (κ2) is 6.16. The van der Waals surface area contributed by atoms with E-state index in [4.69, 9.17) is 10.5 Å². The van der Waals surface area contributed by atoms with Crippen LogP contribution in [0.15, 0.2) is 35.7 Å². The molecule has 0 unspecified atom stereocenters. The molecule has 0 spiro atoms. The van der Waals surface area contributed by atoms with Crippen molar-refractivity contribution in [3.05, 3.63) is 52.0 Å². The number of nitrogens with zero attached hydrogens (tertiary/aromatic N) is 2. The van der Waals surface area contributed by atoms with Gasteiger partial charge in [-0.2, -0.15) is 0 Å². The lowest BCUT2D eigenvalue weighted by atomic mass is 9.94. The van der Waals surface area contributed by atoms with E-state index in [2.05, 4.69) is 4.98 Å². The highest BCUT2D eigenvalue weighted by atomic mass is 32.1. The predicted octanol–water partition coefficient (Wildman–Crippen LogP) is 1.99. The Morgan fingerprint density at radius 3 is 2.91 bits per heavy atom. The van der Waals surface area contributed by atoms with Gasteiger partial charge in [0.25, 0.3) is 5.91 Å². The summed E-state index contributed by atoms with van der Waals surface area (Å²) < 4.78 is 5.96. The maximum Gasteiger partial charge on any atom is 0.273 e. The summed E-state index contributed by atoms with van der Waals surface area (Å²) in [6, 6.07) is 10.0. The topological polar surface area (TPSA) is 68.5 Å². The summed E-state index contributed by atoms with van der Waals surface area (Å²) >= 11 is 1.42. The summed E-state index contributed by atoms with van der Waals surface area (Å²) in [6.45, 7) is 4.00. The van der Waals surface area contributed by atoms with Crippen LogP contribution in [0.1, 0.15) is 28.0 Å². The fourth-order valence-corrected chi connectivity index (χ4v) is 3.32. The van der Waals surface area contributed by atoms with Crippen LogP contribution in [0.3, 0.4) is 0 Å². The summed E-state index contributed by atoms with van der Waals surface area (Å²) in [5.41, 5.74) is 6.63. The monoisotopic (exact) mass is 317 g/mol. The van der Waals surface area contributed by atoms with Gasteiger partial charge in [-0.05, 0) is 12.5 Å². The molecule has 22 heavy (non-hydrogen) atoms. The van der Waals surface area contributed by atoms with Crippen LogP contribution in [0, 0.1) is 0 Å². The number of amides is 1. The third-order valence-corrected chi connectivity index (χ3v) is 4.76. The molecule has 0 saturated carbocycles. The first-order valence-electron chi connectivity index (χ1n) is 7.25. The Kier molecular flexibility index (Phi) is 4.24. The van der Waals surface area contributed by atoms with Crippen LogP contribution < -0.4 is 5.73 Å². The Morgan fingerprint density at radius 2 is 2.23 bits per heavy atom. The minimum Gasteiger partial charge on any atom is -0.367 e. The lowest BCUT2D eigenvalue weighted by molar-refractivity contribution is -0.0931. The van der Waals surface area contributed by atoms with E-state index in [1.54, 1.807) is 5.38 Å². The zero-order chi connectivity index (χ0) is 15.6. The smallest absolute Gasteiger partial charge is 0.273 e. The summed E-state index contributed by atoms with van der Waals surface area (Å²) in [6.07, 6.45) is 0. The van der Waals surface area contributed by atoms with Gasteiger partial charge < -0.3 is 15.4 Å². The maximum atomic E-state index is 12.6. The molecule has 0 bridgehead atoms. The number of thiazole rings is 1. The molecule has 1 aromatic carbocycles. The Labute approximate surface area is 133 Å². The van der Waals surface area contributed by atoms with E-state index < -0.39 is 5.60 Å². The lowest BCUT2D eigenvalue weighted by Gasteiger charge is -2.40. The van der Waals surface area contributed by atoms with Crippen LogP contribution >= 0.6 is 11.3 Å². The number of ether oxygens (including phenoxy) is 1. The number of aromatic nitrogens is 1. The van der Waals surface area contributed by atoms with Gasteiger partial charge in [0.15, 0.2) is 0 Å². The molecule has 1 atom stereocenters. The largest absolute Gasteiger partial charge is 0.367 e. The summed E-state index contributed by atoms with van der Waals surface area (Å²) in [4.78, 5) is 18.7.